The summed E-state index contributed by atoms with van der Waals surface area (Å²) < 4.78 is 12.4. The van der Waals surface area contributed by atoms with E-state index >= 15 is 0 Å². The fraction of sp³-hybridized carbons (Fsp3) is 0.143. The highest BCUT2D eigenvalue weighted by Crippen LogP contribution is 1.87. The van der Waals surface area contributed by atoms with Gasteiger partial charge in [-0.3, -0.25) is 0 Å². The second-order valence-electron chi connectivity index (χ2n) is 2.03. The van der Waals surface area contributed by atoms with Gasteiger partial charge in [-0.2, -0.15) is 0 Å². The summed E-state index contributed by atoms with van der Waals surface area (Å²) in [6, 6.07) is 9.12. The van der Waals surface area contributed by atoms with Crippen LogP contribution in [0, 0.1) is 0 Å². The van der Waals surface area contributed by atoms with E-state index in [1.807, 2.05) is 18.2 Å². The topological polar surface area (TPSA) is 63.0 Å². The quantitative estimate of drug-likeness (QED) is 0.509. The van der Waals surface area contributed by atoms with Gasteiger partial charge in [0.2, 0.25) is 0 Å². The van der Waals surface area contributed by atoms with Crippen LogP contribution in [0.3, 0.4) is 0 Å². The molecule has 0 radical (unpaired) electrons. The third-order valence-corrected chi connectivity index (χ3v) is 1.26. The highest BCUT2D eigenvalue weighted by molar-refractivity contribution is 6.65. The molecule has 1 rings (SSSR count). The summed E-state index contributed by atoms with van der Waals surface area (Å²) in [6.07, 6.45) is 0. The summed E-state index contributed by atoms with van der Waals surface area (Å²) in [4.78, 5) is 0. The molecule has 0 saturated carbocycles. The maximum atomic E-state index is 12.4. The highest BCUT2D eigenvalue weighted by Gasteiger charge is 2.05. The van der Waals surface area contributed by atoms with E-state index < -0.39 is 6.99 Å². The zero-order chi connectivity index (χ0) is 6.69. The van der Waals surface area contributed by atoms with Crippen molar-refractivity contribution in [3.8, 4) is 0 Å². The average Bonchev–Trinajstić information content (AvgIpc) is 1.90. The van der Waals surface area contributed by atoms with Crippen LogP contribution < -0.4 is 5.46 Å². The van der Waals surface area contributed by atoms with Crippen molar-refractivity contribution in [2.45, 2.75) is 6.82 Å². The first-order valence-electron chi connectivity index (χ1n) is 2.99. The summed E-state index contributed by atoms with van der Waals surface area (Å²) >= 11 is 0. The Labute approximate surface area is 65.8 Å². The molecule has 62 valence electrons. The predicted molar refractivity (Wildman–Crippen MR) is 46.0 cm³/mol. The van der Waals surface area contributed by atoms with Crippen molar-refractivity contribution in [2.24, 2.45) is 0 Å². The van der Waals surface area contributed by atoms with Crippen LogP contribution in [0.15, 0.2) is 30.3 Å². The SMILES string of the molecule is CB(F)c1ccccc1.O.O. The first kappa shape index (κ1) is 12.8. The molecular weight excluding hydrogens is 146 g/mol. The molecule has 0 aliphatic carbocycles. The van der Waals surface area contributed by atoms with Gasteiger partial charge in [-0.25, -0.2) is 0 Å². The number of hydrogen-bond donors (Lipinski definition) is 0. The molecule has 0 aliphatic rings. The van der Waals surface area contributed by atoms with Gasteiger partial charge in [0, 0.05) is 0 Å². The van der Waals surface area contributed by atoms with Crippen LogP contribution in [0.25, 0.3) is 0 Å². The number of hydrogen-bond acceptors (Lipinski definition) is 0. The standard InChI is InChI=1S/C7H8BF.2H2O/c1-8(9)7-5-3-2-4-6-7;;/h2-6H,1H3;2*1H2. The molecule has 0 fully saturated rings. The lowest BCUT2D eigenvalue weighted by atomic mass is 9.67. The van der Waals surface area contributed by atoms with Gasteiger partial charge in [0.1, 0.15) is 0 Å². The molecule has 0 saturated heterocycles. The summed E-state index contributed by atoms with van der Waals surface area (Å²) in [5.74, 6) is 0. The summed E-state index contributed by atoms with van der Waals surface area (Å²) in [5.41, 5.74) is 0.748. The smallest absolute Gasteiger partial charge is 0.377 e. The van der Waals surface area contributed by atoms with E-state index in [1.165, 1.54) is 6.82 Å². The lowest BCUT2D eigenvalue weighted by Crippen LogP contribution is -2.20. The minimum absolute atomic E-state index is 0. The van der Waals surface area contributed by atoms with Crippen molar-refractivity contribution in [2.75, 3.05) is 0 Å². The van der Waals surface area contributed by atoms with Crippen LogP contribution in [0.5, 0.6) is 0 Å². The minimum Gasteiger partial charge on any atom is -0.412 e. The molecule has 0 amide bonds. The van der Waals surface area contributed by atoms with Crippen molar-refractivity contribution < 1.29 is 15.3 Å². The zero-order valence-electron chi connectivity index (χ0n) is 6.34. The Morgan fingerprint density at radius 2 is 1.55 bits per heavy atom. The third kappa shape index (κ3) is 3.75. The minimum atomic E-state index is -0.841. The Hall–Kier alpha value is -0.865. The van der Waals surface area contributed by atoms with Gasteiger partial charge in [-0.05, 0) is 12.3 Å². The molecule has 11 heavy (non-hydrogen) atoms. The van der Waals surface area contributed by atoms with E-state index in [-0.39, 0.29) is 11.0 Å². The van der Waals surface area contributed by atoms with Gasteiger partial charge >= 0.3 is 6.99 Å². The van der Waals surface area contributed by atoms with Gasteiger partial charge in [0.15, 0.2) is 0 Å². The van der Waals surface area contributed by atoms with Crippen LogP contribution in [0.2, 0.25) is 6.82 Å². The Kier molecular flexibility index (Phi) is 6.84. The van der Waals surface area contributed by atoms with Crippen molar-refractivity contribution in [1.29, 1.82) is 0 Å². The van der Waals surface area contributed by atoms with Gasteiger partial charge < -0.3 is 15.3 Å². The maximum absolute atomic E-state index is 12.4. The first-order valence-corrected chi connectivity index (χ1v) is 2.99. The number of rotatable bonds is 1. The number of halogens is 1. The van der Waals surface area contributed by atoms with Crippen molar-refractivity contribution in [3.05, 3.63) is 30.3 Å². The van der Waals surface area contributed by atoms with Crippen LogP contribution in [0.1, 0.15) is 0 Å². The van der Waals surface area contributed by atoms with E-state index in [0.717, 1.165) is 5.46 Å². The van der Waals surface area contributed by atoms with E-state index in [2.05, 4.69) is 0 Å². The molecule has 0 aliphatic heterocycles. The molecule has 0 bridgehead atoms. The second kappa shape index (κ2) is 5.89. The van der Waals surface area contributed by atoms with Gasteiger partial charge in [-0.15, -0.1) is 0 Å². The molecule has 0 unspecified atom stereocenters. The molecule has 1 aromatic carbocycles. The van der Waals surface area contributed by atoms with Crippen molar-refractivity contribution >= 4 is 12.5 Å². The van der Waals surface area contributed by atoms with E-state index in [9.17, 15) is 4.32 Å². The van der Waals surface area contributed by atoms with Crippen LogP contribution >= 0.6 is 0 Å². The Bertz CT molecular complexity index is 179. The van der Waals surface area contributed by atoms with Gasteiger partial charge in [0.25, 0.3) is 0 Å². The summed E-state index contributed by atoms with van der Waals surface area (Å²) in [5, 5.41) is 0. The zero-order valence-corrected chi connectivity index (χ0v) is 6.34. The summed E-state index contributed by atoms with van der Waals surface area (Å²) in [7, 11) is 0. The van der Waals surface area contributed by atoms with Crippen LogP contribution in [0.4, 0.5) is 4.32 Å². The molecular formula is C7H12BFO2. The van der Waals surface area contributed by atoms with Gasteiger partial charge in [-0.1, -0.05) is 30.3 Å². The fourth-order valence-electron chi connectivity index (χ4n) is 0.718. The predicted octanol–water partition coefficient (Wildman–Crippen LogP) is -0.165. The highest BCUT2D eigenvalue weighted by atomic mass is 19.1. The fourth-order valence-corrected chi connectivity index (χ4v) is 0.718. The lowest BCUT2D eigenvalue weighted by Gasteiger charge is -1.93. The Balaban J connectivity index is 0. The molecule has 2 nitrogen and oxygen atoms in total. The lowest BCUT2D eigenvalue weighted by molar-refractivity contribution is 0.823. The molecule has 0 spiro atoms. The number of benzene rings is 1. The Morgan fingerprint density at radius 3 is 1.82 bits per heavy atom. The second-order valence-corrected chi connectivity index (χ2v) is 2.03. The van der Waals surface area contributed by atoms with Crippen molar-refractivity contribution in [1.82, 2.24) is 0 Å². The third-order valence-electron chi connectivity index (χ3n) is 1.26. The van der Waals surface area contributed by atoms with Crippen LogP contribution in [-0.2, 0) is 0 Å². The molecule has 4 heteroatoms. The van der Waals surface area contributed by atoms with E-state index in [4.69, 9.17) is 0 Å². The van der Waals surface area contributed by atoms with E-state index in [1.54, 1.807) is 12.1 Å². The van der Waals surface area contributed by atoms with Gasteiger partial charge in [0.05, 0.1) is 0 Å². The van der Waals surface area contributed by atoms with Crippen LogP contribution in [-0.4, -0.2) is 17.9 Å². The first-order chi connectivity index (χ1) is 4.30. The molecule has 4 N–H and O–H groups in total. The molecule has 1 aromatic rings. The Morgan fingerprint density at radius 1 is 1.09 bits per heavy atom. The molecule has 0 atom stereocenters. The largest absolute Gasteiger partial charge is 0.412 e. The maximum Gasteiger partial charge on any atom is 0.377 e. The molecule has 0 heterocycles. The monoisotopic (exact) mass is 158 g/mol. The summed E-state index contributed by atoms with van der Waals surface area (Å²) in [6.45, 7) is 0.696. The normalized spacial score (nSPS) is 7.45. The molecule has 0 aromatic heterocycles. The van der Waals surface area contributed by atoms with Crippen molar-refractivity contribution in [3.63, 3.8) is 0 Å². The average molecular weight is 158 g/mol. The van der Waals surface area contributed by atoms with E-state index in [0.29, 0.717) is 0 Å².